The molecule has 0 spiro atoms. The van der Waals surface area contributed by atoms with Crippen molar-refractivity contribution in [1.29, 1.82) is 0 Å². The molecule has 0 bridgehead atoms. The molecule has 1 saturated carbocycles. The lowest BCUT2D eigenvalue weighted by atomic mass is 9.87. The molecule has 0 unspecified atom stereocenters. The normalized spacial score (nSPS) is 20.0. The summed E-state index contributed by atoms with van der Waals surface area (Å²) in [6.45, 7) is 1.68. The van der Waals surface area contributed by atoms with Gasteiger partial charge in [-0.25, -0.2) is 4.79 Å². The molecule has 2 aliphatic rings. The number of ether oxygens (including phenoxy) is 2. The van der Waals surface area contributed by atoms with Crippen molar-refractivity contribution in [3.63, 3.8) is 0 Å². The number of carboxylic acid groups (broad SMARTS) is 1. The second-order valence-corrected chi connectivity index (χ2v) is 10.4. The van der Waals surface area contributed by atoms with Crippen LogP contribution >= 0.6 is 11.6 Å². The highest BCUT2D eigenvalue weighted by Crippen LogP contribution is 2.28. The fraction of sp³-hybridized carbons (Fsp3) is 0.483. The molecule has 0 radical (unpaired) electrons. The first-order valence-electron chi connectivity index (χ1n) is 13.3. The van der Waals surface area contributed by atoms with E-state index in [9.17, 15) is 14.4 Å². The predicted molar refractivity (Wildman–Crippen MR) is 144 cm³/mol. The van der Waals surface area contributed by atoms with Crippen molar-refractivity contribution in [2.45, 2.75) is 63.6 Å². The van der Waals surface area contributed by atoms with Crippen LogP contribution in [0.2, 0.25) is 5.02 Å². The van der Waals surface area contributed by atoms with E-state index in [0.29, 0.717) is 61.7 Å². The number of Topliss-reactive ketones (excluding diaryl/α,β-unsaturated/α-hetero) is 1. The minimum absolute atomic E-state index is 0.0116. The molecule has 2 aromatic carbocycles. The highest BCUT2D eigenvalue weighted by molar-refractivity contribution is 6.30. The molecule has 38 heavy (non-hydrogen) atoms. The van der Waals surface area contributed by atoms with E-state index in [-0.39, 0.29) is 29.9 Å². The summed E-state index contributed by atoms with van der Waals surface area (Å²) in [5, 5.41) is 12.7. The summed E-state index contributed by atoms with van der Waals surface area (Å²) in [6.07, 6.45) is 5.21. The molecule has 9 heteroatoms. The standard InChI is InChI=1S/C29H35ClN2O6/c30-22-7-13-25(14-8-22)38-26-15-18-32(19-16-26)29(36)31-17-1-2-27(33)20-3-9-23(10-4-20)37-24-11-5-21(6-12-24)28(34)35/h3-4,7-10,13-14,21,24,26H,1-2,5-6,11-12,15-19H2,(H,31,36)(H,34,35). The molecule has 2 fully saturated rings. The van der Waals surface area contributed by atoms with Gasteiger partial charge in [0, 0.05) is 49.5 Å². The maximum atomic E-state index is 12.6. The molecule has 1 aliphatic heterocycles. The number of rotatable bonds is 10. The van der Waals surface area contributed by atoms with E-state index in [4.69, 9.17) is 26.2 Å². The highest BCUT2D eigenvalue weighted by atomic mass is 35.5. The van der Waals surface area contributed by atoms with Crippen LogP contribution in [0.3, 0.4) is 0 Å². The fourth-order valence-corrected chi connectivity index (χ4v) is 5.05. The number of piperidine rings is 1. The summed E-state index contributed by atoms with van der Waals surface area (Å²) >= 11 is 5.91. The first-order chi connectivity index (χ1) is 18.4. The van der Waals surface area contributed by atoms with Crippen molar-refractivity contribution in [3.8, 4) is 11.5 Å². The van der Waals surface area contributed by atoms with Crippen LogP contribution in [0, 0.1) is 5.92 Å². The average Bonchev–Trinajstić information content (AvgIpc) is 2.93. The van der Waals surface area contributed by atoms with Gasteiger partial charge in [0.1, 0.15) is 17.6 Å². The Kier molecular flexibility index (Phi) is 9.87. The quantitative estimate of drug-likeness (QED) is 0.300. The average molecular weight is 543 g/mol. The van der Waals surface area contributed by atoms with Crippen molar-refractivity contribution in [1.82, 2.24) is 10.2 Å². The van der Waals surface area contributed by atoms with Crippen LogP contribution in [0.1, 0.15) is 61.7 Å². The van der Waals surface area contributed by atoms with Gasteiger partial charge in [0.25, 0.3) is 0 Å². The summed E-state index contributed by atoms with van der Waals surface area (Å²) < 4.78 is 12.0. The Morgan fingerprint density at radius 1 is 0.842 bits per heavy atom. The largest absolute Gasteiger partial charge is 0.490 e. The van der Waals surface area contributed by atoms with Gasteiger partial charge in [0.05, 0.1) is 12.0 Å². The van der Waals surface area contributed by atoms with Crippen molar-refractivity contribution in [3.05, 3.63) is 59.1 Å². The van der Waals surface area contributed by atoms with E-state index in [2.05, 4.69) is 5.32 Å². The van der Waals surface area contributed by atoms with Gasteiger partial charge in [0.15, 0.2) is 5.78 Å². The van der Waals surface area contributed by atoms with Crippen molar-refractivity contribution >= 4 is 29.4 Å². The first-order valence-corrected chi connectivity index (χ1v) is 13.7. The Bertz CT molecular complexity index is 1080. The van der Waals surface area contributed by atoms with Crippen LogP contribution in [0.4, 0.5) is 4.79 Å². The monoisotopic (exact) mass is 542 g/mol. The number of amides is 2. The number of carbonyl (C=O) groups excluding carboxylic acids is 2. The summed E-state index contributed by atoms with van der Waals surface area (Å²) in [6, 6.07) is 14.3. The summed E-state index contributed by atoms with van der Waals surface area (Å²) in [5.74, 6) is 0.492. The predicted octanol–water partition coefficient (Wildman–Crippen LogP) is 5.58. The topological polar surface area (TPSA) is 105 Å². The second-order valence-electron chi connectivity index (χ2n) is 9.97. The van der Waals surface area contributed by atoms with Gasteiger partial charge in [-0.15, -0.1) is 0 Å². The SMILES string of the molecule is O=C(CCCNC(=O)N1CCC(Oc2ccc(Cl)cc2)CC1)c1ccc(OC2CCC(C(=O)O)CC2)cc1. The van der Waals surface area contributed by atoms with Gasteiger partial charge in [-0.1, -0.05) is 11.6 Å². The Hall–Kier alpha value is -3.26. The maximum Gasteiger partial charge on any atom is 0.317 e. The van der Waals surface area contributed by atoms with Crippen molar-refractivity contribution in [2.75, 3.05) is 19.6 Å². The molecular formula is C29H35ClN2O6. The van der Waals surface area contributed by atoms with E-state index >= 15 is 0 Å². The molecule has 2 amide bonds. The smallest absolute Gasteiger partial charge is 0.317 e. The number of carboxylic acids is 1. The minimum Gasteiger partial charge on any atom is -0.490 e. The molecule has 8 nitrogen and oxygen atoms in total. The van der Waals surface area contributed by atoms with Crippen LogP contribution in [0.15, 0.2) is 48.5 Å². The molecule has 2 N–H and O–H groups in total. The number of nitrogens with zero attached hydrogens (tertiary/aromatic N) is 1. The van der Waals surface area contributed by atoms with Gasteiger partial charge in [-0.2, -0.15) is 0 Å². The summed E-state index contributed by atoms with van der Waals surface area (Å²) in [7, 11) is 0. The molecule has 1 saturated heterocycles. The van der Waals surface area contributed by atoms with Crippen molar-refractivity contribution < 1.29 is 29.0 Å². The number of benzene rings is 2. The number of nitrogens with one attached hydrogen (secondary N) is 1. The van der Waals surface area contributed by atoms with Gasteiger partial charge in [-0.3, -0.25) is 9.59 Å². The molecular weight excluding hydrogens is 508 g/mol. The second kappa shape index (κ2) is 13.5. The molecule has 4 rings (SSSR count). The highest BCUT2D eigenvalue weighted by Gasteiger charge is 2.27. The Morgan fingerprint density at radius 3 is 1.97 bits per heavy atom. The van der Waals surface area contributed by atoms with E-state index in [0.717, 1.165) is 31.4 Å². The zero-order chi connectivity index (χ0) is 26.9. The van der Waals surface area contributed by atoms with Crippen molar-refractivity contribution in [2.24, 2.45) is 5.92 Å². The van der Waals surface area contributed by atoms with Crippen LogP contribution < -0.4 is 14.8 Å². The third kappa shape index (κ3) is 8.12. The molecule has 1 heterocycles. The van der Waals surface area contributed by atoms with Crippen LogP contribution in [-0.4, -0.2) is 59.6 Å². The molecule has 1 aliphatic carbocycles. The summed E-state index contributed by atoms with van der Waals surface area (Å²) in [5.41, 5.74) is 0.612. The van der Waals surface area contributed by atoms with E-state index in [1.807, 2.05) is 12.1 Å². The lowest BCUT2D eigenvalue weighted by Gasteiger charge is -2.32. The van der Waals surface area contributed by atoms with E-state index in [1.165, 1.54) is 0 Å². The van der Waals surface area contributed by atoms with Gasteiger partial charge in [-0.05, 0) is 80.6 Å². The lowest BCUT2D eigenvalue weighted by Crippen LogP contribution is -2.46. The summed E-state index contributed by atoms with van der Waals surface area (Å²) in [4.78, 5) is 37.9. The Balaban J connectivity index is 1.10. The van der Waals surface area contributed by atoms with E-state index in [1.54, 1.807) is 41.3 Å². The Labute approximate surface area is 228 Å². The lowest BCUT2D eigenvalue weighted by molar-refractivity contribution is -0.143. The number of halogens is 1. The Morgan fingerprint density at radius 2 is 1.39 bits per heavy atom. The van der Waals surface area contributed by atoms with Gasteiger partial charge < -0.3 is 24.8 Å². The molecule has 0 aromatic heterocycles. The minimum atomic E-state index is -0.730. The number of hydrogen-bond donors (Lipinski definition) is 2. The maximum absolute atomic E-state index is 12.6. The third-order valence-electron chi connectivity index (χ3n) is 7.20. The first kappa shape index (κ1) is 27.8. The van der Waals surface area contributed by atoms with Crippen LogP contribution in [0.5, 0.6) is 11.5 Å². The number of likely N-dealkylation sites (tertiary alicyclic amines) is 1. The zero-order valence-corrected chi connectivity index (χ0v) is 22.2. The van der Waals surface area contributed by atoms with Crippen LogP contribution in [-0.2, 0) is 4.79 Å². The molecule has 0 atom stereocenters. The number of ketones is 1. The number of hydrogen-bond acceptors (Lipinski definition) is 5. The molecule has 2 aromatic rings. The van der Waals surface area contributed by atoms with Crippen LogP contribution in [0.25, 0.3) is 0 Å². The number of carbonyl (C=O) groups is 3. The number of urea groups is 1. The third-order valence-corrected chi connectivity index (χ3v) is 7.46. The van der Waals surface area contributed by atoms with Gasteiger partial charge in [0.2, 0.25) is 0 Å². The molecule has 204 valence electrons. The van der Waals surface area contributed by atoms with E-state index < -0.39 is 5.97 Å². The fourth-order valence-electron chi connectivity index (χ4n) is 4.92. The zero-order valence-electron chi connectivity index (χ0n) is 21.4. The van der Waals surface area contributed by atoms with Gasteiger partial charge >= 0.3 is 12.0 Å². The number of aliphatic carboxylic acids is 1.